The lowest BCUT2D eigenvalue weighted by Crippen LogP contribution is -2.80. The first-order valence-electron chi connectivity index (χ1n) is 16.0. The van der Waals surface area contributed by atoms with E-state index in [1.165, 1.54) is 48.8 Å². The molecule has 6 fully saturated rings. The molecule has 212 valence electrons. The number of aromatic hydroxyl groups is 1. The highest BCUT2D eigenvalue weighted by Gasteiger charge is 2.91. The van der Waals surface area contributed by atoms with Crippen LogP contribution < -0.4 is 4.74 Å². The molecule has 0 saturated heterocycles. The van der Waals surface area contributed by atoms with E-state index in [1.807, 2.05) is 20.1 Å². The van der Waals surface area contributed by atoms with Crippen LogP contribution in [0.2, 0.25) is 0 Å². The van der Waals surface area contributed by atoms with Gasteiger partial charge in [0, 0.05) is 24.0 Å². The molecule has 1 aliphatic heterocycles. The van der Waals surface area contributed by atoms with Crippen molar-refractivity contribution < 1.29 is 19.7 Å². The minimum Gasteiger partial charge on any atom is -0.504 e. The van der Waals surface area contributed by atoms with Crippen LogP contribution in [0.15, 0.2) is 36.4 Å². The third kappa shape index (κ3) is 2.41. The highest BCUT2D eigenvalue weighted by molar-refractivity contribution is 5.65. The number of benzene rings is 2. The smallest absolute Gasteiger partial charge is 0.165 e. The van der Waals surface area contributed by atoms with Gasteiger partial charge in [0.05, 0.1) is 5.60 Å². The molecule has 4 bridgehead atoms. The number of hydrogen-bond acceptors (Lipinski definition) is 4. The SMILES string of the molecule is CO[C@]12CC[C@@]3(C[C@@H]1[C@](C)(O)c1ccc(C(C)C)cc1)C14Cc5ccc(O)c6c5[C@@]3(CCC1(CC1CC1)C4)[C@H]2O6. The second-order valence-electron chi connectivity index (χ2n) is 15.7. The van der Waals surface area contributed by atoms with Gasteiger partial charge in [0.1, 0.15) is 11.7 Å². The van der Waals surface area contributed by atoms with Crippen molar-refractivity contribution in [3.63, 3.8) is 0 Å². The molecule has 2 N–H and O–H groups in total. The van der Waals surface area contributed by atoms with Crippen LogP contribution in [0.1, 0.15) is 107 Å². The van der Waals surface area contributed by atoms with Gasteiger partial charge in [0.15, 0.2) is 11.5 Å². The minimum atomic E-state index is -1.06. The van der Waals surface area contributed by atoms with E-state index in [2.05, 4.69) is 44.2 Å². The maximum absolute atomic E-state index is 12.7. The Kier molecular flexibility index (Phi) is 4.37. The molecule has 3 spiro atoms. The number of methoxy groups -OCH3 is 1. The zero-order valence-electron chi connectivity index (χ0n) is 24.6. The number of phenols is 1. The molecule has 10 rings (SSSR count). The molecular weight excluding hydrogens is 496 g/mol. The van der Waals surface area contributed by atoms with Gasteiger partial charge in [0.2, 0.25) is 0 Å². The number of hydrogen-bond donors (Lipinski definition) is 2. The number of aliphatic hydroxyl groups is 1. The summed E-state index contributed by atoms with van der Waals surface area (Å²) in [4.78, 5) is 0. The fourth-order valence-electron chi connectivity index (χ4n) is 12.4. The van der Waals surface area contributed by atoms with E-state index in [0.717, 1.165) is 49.3 Å². The van der Waals surface area contributed by atoms with E-state index in [9.17, 15) is 10.2 Å². The van der Waals surface area contributed by atoms with E-state index in [1.54, 1.807) is 0 Å². The summed E-state index contributed by atoms with van der Waals surface area (Å²) in [5.41, 5.74) is 3.97. The molecule has 0 aromatic heterocycles. The lowest BCUT2D eigenvalue weighted by molar-refractivity contribution is -0.308. The van der Waals surface area contributed by atoms with Gasteiger partial charge < -0.3 is 19.7 Å². The topological polar surface area (TPSA) is 58.9 Å². The molecule has 2 aromatic rings. The Balaban J connectivity index is 1.26. The molecule has 0 radical (unpaired) electrons. The highest BCUT2D eigenvalue weighted by atomic mass is 16.6. The summed E-state index contributed by atoms with van der Waals surface area (Å²) < 4.78 is 13.8. The van der Waals surface area contributed by atoms with Crippen LogP contribution >= 0.6 is 0 Å². The Morgan fingerprint density at radius 3 is 2.50 bits per heavy atom. The molecule has 4 heteroatoms. The van der Waals surface area contributed by atoms with Crippen molar-refractivity contribution in [2.45, 2.75) is 114 Å². The molecule has 1 heterocycles. The third-order valence-corrected chi connectivity index (χ3v) is 14.3. The van der Waals surface area contributed by atoms with Gasteiger partial charge in [-0.05, 0) is 109 Å². The van der Waals surface area contributed by atoms with E-state index < -0.39 is 11.2 Å². The van der Waals surface area contributed by atoms with Crippen molar-refractivity contribution >= 4 is 0 Å². The van der Waals surface area contributed by atoms with Crippen molar-refractivity contribution in [3.05, 3.63) is 58.7 Å². The second-order valence-corrected chi connectivity index (χ2v) is 15.7. The summed E-state index contributed by atoms with van der Waals surface area (Å²) in [5, 5.41) is 23.8. The van der Waals surface area contributed by atoms with Crippen LogP contribution in [0, 0.1) is 28.1 Å². The van der Waals surface area contributed by atoms with Crippen LogP contribution in [0.4, 0.5) is 0 Å². The monoisotopic (exact) mass is 540 g/mol. The Labute approximate surface area is 238 Å². The van der Waals surface area contributed by atoms with Crippen molar-refractivity contribution in [1.29, 1.82) is 0 Å². The van der Waals surface area contributed by atoms with Gasteiger partial charge in [-0.1, -0.05) is 57.0 Å². The van der Waals surface area contributed by atoms with Gasteiger partial charge in [-0.3, -0.25) is 0 Å². The fourth-order valence-corrected chi connectivity index (χ4v) is 12.4. The first-order valence-corrected chi connectivity index (χ1v) is 16.0. The average Bonchev–Trinajstić information content (AvgIpc) is 3.84. The molecule has 4 nitrogen and oxygen atoms in total. The van der Waals surface area contributed by atoms with Crippen LogP contribution in [0.25, 0.3) is 0 Å². The van der Waals surface area contributed by atoms with Gasteiger partial charge in [-0.2, -0.15) is 0 Å². The predicted octanol–water partition coefficient (Wildman–Crippen LogP) is 7.13. The standard InChI is InChI=1S/C36H44O4/c1-21(2)23-7-10-25(11-8-23)31(3,38)27-19-33-14-16-36(27,39-4)30-35(33)15-13-32(17-22-5-6-22)20-34(32,33)18-24-9-12-26(37)29(40-30)28(24)35/h7-12,21-22,27,30,37-38H,5-6,13-20H2,1-4H3/t27-,30-,31-,32?,33-,34?,35+,36-/m1/s1. The molecular formula is C36H44O4. The summed E-state index contributed by atoms with van der Waals surface area (Å²) in [5.74, 6) is 2.28. The van der Waals surface area contributed by atoms with Gasteiger partial charge in [-0.15, -0.1) is 0 Å². The Hall–Kier alpha value is -2.04. The Morgan fingerprint density at radius 2 is 1.80 bits per heavy atom. The Bertz CT molecular complexity index is 1440. The van der Waals surface area contributed by atoms with Gasteiger partial charge in [-0.25, -0.2) is 0 Å². The molecule has 2 aromatic carbocycles. The Morgan fingerprint density at radius 1 is 1.02 bits per heavy atom. The zero-order valence-corrected chi connectivity index (χ0v) is 24.6. The second kappa shape index (κ2) is 7.11. The van der Waals surface area contributed by atoms with E-state index >= 15 is 0 Å². The molecule has 40 heavy (non-hydrogen) atoms. The van der Waals surface area contributed by atoms with Crippen LogP contribution in [-0.4, -0.2) is 29.0 Å². The van der Waals surface area contributed by atoms with Crippen LogP contribution in [0.5, 0.6) is 11.5 Å². The zero-order chi connectivity index (χ0) is 27.5. The third-order valence-electron chi connectivity index (χ3n) is 14.3. The molecule has 0 amide bonds. The maximum atomic E-state index is 12.7. The van der Waals surface area contributed by atoms with E-state index in [4.69, 9.17) is 9.47 Å². The van der Waals surface area contributed by atoms with Crippen LogP contribution in [-0.2, 0) is 22.2 Å². The van der Waals surface area contributed by atoms with Crippen molar-refractivity contribution in [3.8, 4) is 11.5 Å². The summed E-state index contributed by atoms with van der Waals surface area (Å²) in [6.45, 7) is 6.48. The summed E-state index contributed by atoms with van der Waals surface area (Å²) in [7, 11) is 1.85. The lowest BCUT2D eigenvalue weighted by Gasteiger charge is -2.75. The minimum absolute atomic E-state index is 0.0661. The van der Waals surface area contributed by atoms with Gasteiger partial charge >= 0.3 is 0 Å². The first kappa shape index (κ1) is 24.5. The van der Waals surface area contributed by atoms with E-state index in [0.29, 0.717) is 11.3 Å². The first-order chi connectivity index (χ1) is 19.1. The highest BCUT2D eigenvalue weighted by Crippen LogP contribution is 2.93. The molecule has 2 unspecified atom stereocenters. The van der Waals surface area contributed by atoms with Gasteiger partial charge in [0.25, 0.3) is 0 Å². The van der Waals surface area contributed by atoms with Crippen molar-refractivity contribution in [1.82, 2.24) is 0 Å². The quantitative estimate of drug-likeness (QED) is 0.409. The summed E-state index contributed by atoms with van der Waals surface area (Å²) in [6.07, 6.45) is 11.9. The lowest BCUT2D eigenvalue weighted by atomic mass is 9.30. The van der Waals surface area contributed by atoms with Crippen molar-refractivity contribution in [2.24, 2.45) is 28.1 Å². The van der Waals surface area contributed by atoms with E-state index in [-0.39, 0.29) is 34.0 Å². The number of rotatable bonds is 6. The summed E-state index contributed by atoms with van der Waals surface area (Å²) in [6, 6.07) is 12.8. The van der Waals surface area contributed by atoms with Crippen LogP contribution in [0.3, 0.4) is 0 Å². The molecule has 8 aliphatic rings. The fraction of sp³-hybridized carbons (Fsp3) is 0.667. The predicted molar refractivity (Wildman–Crippen MR) is 154 cm³/mol. The largest absolute Gasteiger partial charge is 0.504 e. The van der Waals surface area contributed by atoms with Crippen molar-refractivity contribution in [2.75, 3.05) is 7.11 Å². The number of fused-ring (bicyclic) bond motifs is 2. The number of phenolic OH excluding ortho intramolecular Hbond substituents is 1. The number of ether oxygens (including phenoxy) is 2. The average molecular weight is 541 g/mol. The summed E-state index contributed by atoms with van der Waals surface area (Å²) >= 11 is 0. The normalized spacial score (nSPS) is 44.5. The molecule has 7 aliphatic carbocycles. The molecule has 6 saturated carbocycles. The maximum Gasteiger partial charge on any atom is 0.165 e. The molecule has 8 atom stereocenters.